The number of anilines is 1. The van der Waals surface area contributed by atoms with Gasteiger partial charge in [0.05, 0.1) is 4.90 Å². The van der Waals surface area contributed by atoms with E-state index < -0.39 is 15.6 Å². The Hall–Kier alpha value is -1.21. The van der Waals surface area contributed by atoms with Crippen molar-refractivity contribution in [2.24, 2.45) is 5.73 Å². The molecule has 0 bridgehead atoms. The lowest BCUT2D eigenvalue weighted by Gasteiger charge is -2.42. The van der Waals surface area contributed by atoms with Crippen LogP contribution in [-0.4, -0.2) is 32.8 Å². The Morgan fingerprint density at radius 3 is 2.43 bits per heavy atom. The second kappa shape index (κ2) is 6.27. The van der Waals surface area contributed by atoms with Crippen LogP contribution in [0.3, 0.4) is 0 Å². The molecule has 1 fully saturated rings. The van der Waals surface area contributed by atoms with Crippen molar-refractivity contribution < 1.29 is 17.2 Å². The fraction of sp³-hybridized carbons (Fsp3) is 0.571. The molecule has 2 N–H and O–H groups in total. The molecule has 0 radical (unpaired) electrons. The summed E-state index contributed by atoms with van der Waals surface area (Å²) < 4.78 is 47.9. The van der Waals surface area contributed by atoms with Crippen molar-refractivity contribution in [1.29, 1.82) is 0 Å². The van der Waals surface area contributed by atoms with Gasteiger partial charge in [-0.2, -0.15) is 8.78 Å². The van der Waals surface area contributed by atoms with Crippen LogP contribution in [0, 0.1) is 0 Å². The van der Waals surface area contributed by atoms with Crippen LogP contribution in [0.5, 0.6) is 0 Å². The fourth-order valence-electron chi connectivity index (χ4n) is 2.89. The van der Waals surface area contributed by atoms with Crippen molar-refractivity contribution in [3.63, 3.8) is 0 Å². The molecule has 0 aromatic heterocycles. The standard InChI is InChI=1S/C14H20F2N2O2S/c1-10-3-2-4-12(9-17)18(10)11-5-7-13(8-6-11)21(19,20)14(15)16/h5-8,10,12,14H,2-4,9,17H2,1H3. The van der Waals surface area contributed by atoms with Crippen molar-refractivity contribution in [2.75, 3.05) is 11.4 Å². The molecule has 0 aliphatic carbocycles. The van der Waals surface area contributed by atoms with E-state index in [-0.39, 0.29) is 10.9 Å². The number of nitrogens with zero attached hydrogens (tertiary/aromatic N) is 1. The lowest BCUT2D eigenvalue weighted by Crippen LogP contribution is -2.49. The minimum atomic E-state index is -4.53. The lowest BCUT2D eigenvalue weighted by molar-refractivity contribution is 0.234. The molecule has 0 spiro atoms. The molecule has 1 aromatic carbocycles. The van der Waals surface area contributed by atoms with Crippen LogP contribution in [0.15, 0.2) is 29.2 Å². The van der Waals surface area contributed by atoms with Crippen molar-refractivity contribution >= 4 is 15.5 Å². The number of piperidine rings is 1. The average Bonchev–Trinajstić information content (AvgIpc) is 2.47. The van der Waals surface area contributed by atoms with Gasteiger partial charge in [0.1, 0.15) is 0 Å². The average molecular weight is 318 g/mol. The molecular weight excluding hydrogens is 298 g/mol. The summed E-state index contributed by atoms with van der Waals surface area (Å²) >= 11 is 0. The first-order valence-corrected chi connectivity index (χ1v) is 8.53. The second-order valence-electron chi connectivity index (χ2n) is 5.38. The maximum absolute atomic E-state index is 12.5. The molecular formula is C14H20F2N2O2S. The molecule has 4 nitrogen and oxygen atoms in total. The zero-order valence-electron chi connectivity index (χ0n) is 11.9. The number of alkyl halides is 2. The molecule has 1 heterocycles. The highest BCUT2D eigenvalue weighted by atomic mass is 32.2. The summed E-state index contributed by atoms with van der Waals surface area (Å²) in [5, 5.41) is 0. The normalized spacial score (nSPS) is 23.6. The van der Waals surface area contributed by atoms with Gasteiger partial charge in [0.2, 0.25) is 9.84 Å². The molecule has 1 aliphatic rings. The summed E-state index contributed by atoms with van der Waals surface area (Å²) in [6.45, 7) is 2.60. The first-order valence-electron chi connectivity index (χ1n) is 6.98. The van der Waals surface area contributed by atoms with E-state index in [4.69, 9.17) is 5.73 Å². The number of hydrogen-bond donors (Lipinski definition) is 1. The van der Waals surface area contributed by atoms with Gasteiger partial charge in [0, 0.05) is 24.3 Å². The van der Waals surface area contributed by atoms with Gasteiger partial charge in [-0.3, -0.25) is 0 Å². The third-order valence-corrected chi connectivity index (χ3v) is 5.40. The summed E-state index contributed by atoms with van der Waals surface area (Å²) in [4.78, 5) is 1.80. The van der Waals surface area contributed by atoms with Gasteiger partial charge in [0.25, 0.3) is 0 Å². The molecule has 118 valence electrons. The number of nitrogens with two attached hydrogens (primary N) is 1. The molecule has 2 unspecified atom stereocenters. The summed E-state index contributed by atoms with van der Waals surface area (Å²) in [5.74, 6) is -3.39. The van der Waals surface area contributed by atoms with Gasteiger partial charge < -0.3 is 10.6 Å². The van der Waals surface area contributed by atoms with Crippen molar-refractivity contribution in [3.05, 3.63) is 24.3 Å². The van der Waals surface area contributed by atoms with Gasteiger partial charge in [-0.1, -0.05) is 0 Å². The van der Waals surface area contributed by atoms with Crippen LogP contribution in [-0.2, 0) is 9.84 Å². The monoisotopic (exact) mass is 318 g/mol. The quantitative estimate of drug-likeness (QED) is 0.926. The fourth-order valence-corrected chi connectivity index (χ4v) is 3.62. The number of rotatable bonds is 4. The Morgan fingerprint density at radius 1 is 1.29 bits per heavy atom. The highest BCUT2D eigenvalue weighted by molar-refractivity contribution is 7.91. The Balaban J connectivity index is 2.30. The van der Waals surface area contributed by atoms with Gasteiger partial charge in [0.15, 0.2) is 0 Å². The summed E-state index contributed by atoms with van der Waals surface area (Å²) in [6.07, 6.45) is 3.13. The van der Waals surface area contributed by atoms with Gasteiger partial charge in [-0.25, -0.2) is 8.42 Å². The van der Waals surface area contributed by atoms with E-state index in [1.165, 1.54) is 12.1 Å². The Kier molecular flexibility index (Phi) is 4.83. The molecule has 1 aliphatic heterocycles. The molecule has 1 saturated heterocycles. The molecule has 2 rings (SSSR count). The van der Waals surface area contributed by atoms with E-state index in [1.807, 2.05) is 0 Å². The van der Waals surface area contributed by atoms with E-state index in [1.54, 1.807) is 12.1 Å². The van der Waals surface area contributed by atoms with E-state index in [0.29, 0.717) is 12.6 Å². The number of sulfone groups is 1. The molecule has 1 aromatic rings. The van der Waals surface area contributed by atoms with Crippen LogP contribution in [0.1, 0.15) is 26.2 Å². The zero-order chi connectivity index (χ0) is 15.6. The molecule has 2 atom stereocenters. The third-order valence-electron chi connectivity index (χ3n) is 4.00. The summed E-state index contributed by atoms with van der Waals surface area (Å²) in [7, 11) is -4.53. The van der Waals surface area contributed by atoms with Crippen LogP contribution in [0.25, 0.3) is 0 Å². The minimum absolute atomic E-state index is 0.200. The Morgan fingerprint density at radius 2 is 1.90 bits per heavy atom. The minimum Gasteiger partial charge on any atom is -0.365 e. The van der Waals surface area contributed by atoms with E-state index in [0.717, 1.165) is 24.9 Å². The largest absolute Gasteiger partial charge is 0.365 e. The number of hydrogen-bond acceptors (Lipinski definition) is 4. The van der Waals surface area contributed by atoms with Crippen LogP contribution in [0.2, 0.25) is 0 Å². The topological polar surface area (TPSA) is 63.4 Å². The van der Waals surface area contributed by atoms with Gasteiger partial charge in [-0.05, 0) is 50.5 Å². The SMILES string of the molecule is CC1CCCC(CN)N1c1ccc(S(=O)(=O)C(F)F)cc1. The maximum atomic E-state index is 12.5. The third kappa shape index (κ3) is 3.18. The van der Waals surface area contributed by atoms with E-state index >= 15 is 0 Å². The number of benzene rings is 1. The maximum Gasteiger partial charge on any atom is 0.341 e. The predicted octanol–water partition coefficient (Wildman–Crippen LogP) is 2.39. The molecule has 21 heavy (non-hydrogen) atoms. The molecule has 0 saturated carbocycles. The van der Waals surface area contributed by atoms with Gasteiger partial charge in [-0.15, -0.1) is 0 Å². The Bertz CT molecular complexity index is 575. The predicted molar refractivity (Wildman–Crippen MR) is 78.3 cm³/mol. The Labute approximate surface area is 123 Å². The second-order valence-corrected chi connectivity index (χ2v) is 7.29. The van der Waals surface area contributed by atoms with E-state index in [2.05, 4.69) is 11.8 Å². The molecule has 0 amide bonds. The smallest absolute Gasteiger partial charge is 0.341 e. The van der Waals surface area contributed by atoms with Crippen LogP contribution >= 0.6 is 0 Å². The summed E-state index contributed by atoms with van der Waals surface area (Å²) in [6, 6.07) is 6.15. The summed E-state index contributed by atoms with van der Waals surface area (Å²) in [5.41, 5.74) is 6.62. The van der Waals surface area contributed by atoms with Crippen molar-refractivity contribution in [3.8, 4) is 0 Å². The zero-order valence-corrected chi connectivity index (χ0v) is 12.7. The lowest BCUT2D eigenvalue weighted by atomic mass is 9.95. The van der Waals surface area contributed by atoms with E-state index in [9.17, 15) is 17.2 Å². The highest BCUT2D eigenvalue weighted by Gasteiger charge is 2.29. The van der Waals surface area contributed by atoms with Crippen molar-refractivity contribution in [2.45, 2.75) is 48.9 Å². The number of halogens is 2. The first-order chi connectivity index (χ1) is 9.87. The van der Waals surface area contributed by atoms with Crippen LogP contribution < -0.4 is 10.6 Å². The van der Waals surface area contributed by atoms with Crippen molar-refractivity contribution in [1.82, 2.24) is 0 Å². The highest BCUT2D eigenvalue weighted by Crippen LogP contribution is 2.30. The molecule has 7 heteroatoms. The van der Waals surface area contributed by atoms with Crippen LogP contribution in [0.4, 0.5) is 14.5 Å². The van der Waals surface area contributed by atoms with Gasteiger partial charge >= 0.3 is 5.76 Å². The first kappa shape index (κ1) is 16.2.